The molecule has 172 valence electrons. The van der Waals surface area contributed by atoms with Crippen LogP contribution in [-0.2, 0) is 9.53 Å². The minimum absolute atomic E-state index is 0.260. The van der Waals surface area contributed by atoms with Crippen molar-refractivity contribution in [1.82, 2.24) is 0 Å². The number of carbonyl (C=O) groups excluding carboxylic acids is 1. The van der Waals surface area contributed by atoms with Gasteiger partial charge in [-0.15, -0.1) is 0 Å². The van der Waals surface area contributed by atoms with E-state index < -0.39 is 37.3 Å². The Bertz CT molecular complexity index is 909. The molecule has 1 aliphatic heterocycles. The van der Waals surface area contributed by atoms with Gasteiger partial charge in [-0.3, -0.25) is 4.79 Å². The zero-order chi connectivity index (χ0) is 23.3. The molecule has 8 heteroatoms. The molecule has 5 unspecified atom stereocenters. The molecule has 0 bridgehead atoms. The number of amides is 1. The van der Waals surface area contributed by atoms with Crippen LogP contribution in [0.5, 0.6) is 5.75 Å². The Kier molecular flexibility index (Phi) is 8.00. The van der Waals surface area contributed by atoms with Crippen molar-refractivity contribution in [3.05, 3.63) is 65.7 Å². The highest BCUT2D eigenvalue weighted by Gasteiger charge is 2.44. The number of aliphatic hydroxyl groups excluding tert-OH is 4. The standard InChI is InChI=1S/C24H29NO7/c1-14(2)16-6-8-17(9-7-16)25-20(27)12-5-15-3-10-18(11-4-15)31-24-23(30)22(29)21(28)19(13-26)32-24/h3-12,14,19,21-24,26,28-30H,13H2,1-2H3,(H,25,27)/b12-5+. The van der Waals surface area contributed by atoms with Crippen LogP contribution in [0.4, 0.5) is 5.69 Å². The highest BCUT2D eigenvalue weighted by Crippen LogP contribution is 2.24. The lowest BCUT2D eigenvalue weighted by atomic mass is 9.99. The van der Waals surface area contributed by atoms with Crippen molar-refractivity contribution in [3.63, 3.8) is 0 Å². The molecule has 0 spiro atoms. The zero-order valence-electron chi connectivity index (χ0n) is 18.0. The monoisotopic (exact) mass is 443 g/mol. The summed E-state index contributed by atoms with van der Waals surface area (Å²) in [6.45, 7) is 3.69. The molecule has 0 radical (unpaired) electrons. The number of rotatable bonds is 7. The van der Waals surface area contributed by atoms with Crippen LogP contribution >= 0.6 is 0 Å². The van der Waals surface area contributed by atoms with Gasteiger partial charge in [-0.1, -0.05) is 38.1 Å². The van der Waals surface area contributed by atoms with Crippen LogP contribution in [0.1, 0.15) is 30.9 Å². The summed E-state index contributed by atoms with van der Waals surface area (Å²) < 4.78 is 10.9. The highest BCUT2D eigenvalue weighted by atomic mass is 16.7. The van der Waals surface area contributed by atoms with Gasteiger partial charge in [-0.05, 0) is 47.4 Å². The van der Waals surface area contributed by atoms with Gasteiger partial charge >= 0.3 is 0 Å². The van der Waals surface area contributed by atoms with Crippen molar-refractivity contribution in [2.75, 3.05) is 11.9 Å². The molecule has 0 aliphatic carbocycles. The number of hydrogen-bond acceptors (Lipinski definition) is 7. The number of anilines is 1. The SMILES string of the molecule is CC(C)c1ccc(NC(=O)/C=C/c2ccc(OC3OC(CO)C(O)C(O)C3O)cc2)cc1. The van der Waals surface area contributed by atoms with Crippen LogP contribution in [0.2, 0.25) is 0 Å². The molecule has 1 aliphatic rings. The van der Waals surface area contributed by atoms with Gasteiger partial charge in [0.25, 0.3) is 0 Å². The zero-order valence-corrected chi connectivity index (χ0v) is 18.0. The molecule has 2 aromatic rings. The molecular weight excluding hydrogens is 414 g/mol. The number of carbonyl (C=O) groups is 1. The molecule has 1 saturated heterocycles. The predicted molar refractivity (Wildman–Crippen MR) is 119 cm³/mol. The summed E-state index contributed by atoms with van der Waals surface area (Å²) in [6.07, 6.45) is -3.65. The van der Waals surface area contributed by atoms with Crippen LogP contribution in [0.15, 0.2) is 54.6 Å². The van der Waals surface area contributed by atoms with E-state index in [1.807, 2.05) is 24.3 Å². The third kappa shape index (κ3) is 5.93. The molecule has 5 atom stereocenters. The summed E-state index contributed by atoms with van der Waals surface area (Å²) in [5, 5.41) is 41.8. The van der Waals surface area contributed by atoms with Crippen LogP contribution in [0, 0.1) is 0 Å². The Morgan fingerprint density at radius 1 is 1.03 bits per heavy atom. The molecule has 1 heterocycles. The first kappa shape index (κ1) is 23.9. The van der Waals surface area contributed by atoms with Crippen molar-refractivity contribution in [2.45, 2.75) is 50.5 Å². The summed E-state index contributed by atoms with van der Waals surface area (Å²) in [7, 11) is 0. The fraction of sp³-hybridized carbons (Fsp3) is 0.375. The quantitative estimate of drug-likeness (QED) is 0.412. The Labute approximate surface area is 186 Å². The number of hydrogen-bond donors (Lipinski definition) is 5. The largest absolute Gasteiger partial charge is 0.462 e. The molecule has 2 aromatic carbocycles. The van der Waals surface area contributed by atoms with Crippen molar-refractivity contribution in [2.24, 2.45) is 0 Å². The first-order valence-electron chi connectivity index (χ1n) is 10.4. The van der Waals surface area contributed by atoms with E-state index in [1.54, 1.807) is 30.3 Å². The van der Waals surface area contributed by atoms with E-state index in [9.17, 15) is 25.2 Å². The van der Waals surface area contributed by atoms with E-state index in [4.69, 9.17) is 9.47 Å². The first-order chi connectivity index (χ1) is 15.3. The van der Waals surface area contributed by atoms with Gasteiger partial charge < -0.3 is 35.2 Å². The molecule has 1 fully saturated rings. The van der Waals surface area contributed by atoms with Crippen molar-refractivity contribution in [1.29, 1.82) is 0 Å². The molecule has 1 amide bonds. The lowest BCUT2D eigenvalue weighted by Crippen LogP contribution is -2.60. The molecule has 32 heavy (non-hydrogen) atoms. The maximum atomic E-state index is 12.2. The second-order valence-corrected chi connectivity index (χ2v) is 7.98. The first-order valence-corrected chi connectivity index (χ1v) is 10.4. The van der Waals surface area contributed by atoms with E-state index >= 15 is 0 Å². The van der Waals surface area contributed by atoms with Crippen molar-refractivity contribution >= 4 is 17.7 Å². The normalized spacial score (nSPS) is 25.8. The molecule has 3 rings (SSSR count). The van der Waals surface area contributed by atoms with E-state index in [2.05, 4.69) is 19.2 Å². The van der Waals surface area contributed by atoms with E-state index in [-0.39, 0.29) is 5.91 Å². The summed E-state index contributed by atoms with van der Waals surface area (Å²) in [5.41, 5.74) is 2.66. The Hall–Kier alpha value is -2.75. The molecule has 0 saturated carbocycles. The molecule has 0 aromatic heterocycles. The maximum absolute atomic E-state index is 12.2. The molecule has 8 nitrogen and oxygen atoms in total. The molecular formula is C24H29NO7. The highest BCUT2D eigenvalue weighted by molar-refractivity contribution is 6.01. The van der Waals surface area contributed by atoms with Crippen LogP contribution in [0.3, 0.4) is 0 Å². The van der Waals surface area contributed by atoms with Crippen molar-refractivity contribution < 1.29 is 34.7 Å². The average Bonchev–Trinajstić information content (AvgIpc) is 2.79. The summed E-state index contributed by atoms with van der Waals surface area (Å²) in [6, 6.07) is 14.4. The van der Waals surface area contributed by atoms with Gasteiger partial charge in [0.15, 0.2) is 0 Å². The maximum Gasteiger partial charge on any atom is 0.248 e. The smallest absolute Gasteiger partial charge is 0.248 e. The summed E-state index contributed by atoms with van der Waals surface area (Å²) in [5.74, 6) is 0.512. The Morgan fingerprint density at radius 3 is 2.28 bits per heavy atom. The van der Waals surface area contributed by atoms with Crippen LogP contribution < -0.4 is 10.1 Å². The van der Waals surface area contributed by atoms with Gasteiger partial charge in [0, 0.05) is 11.8 Å². The van der Waals surface area contributed by atoms with Gasteiger partial charge in [0.1, 0.15) is 30.2 Å². The van der Waals surface area contributed by atoms with E-state index in [1.165, 1.54) is 11.6 Å². The fourth-order valence-corrected chi connectivity index (χ4v) is 3.26. The van der Waals surface area contributed by atoms with E-state index in [0.29, 0.717) is 17.4 Å². The van der Waals surface area contributed by atoms with Crippen LogP contribution in [-0.4, -0.2) is 63.6 Å². The number of nitrogens with one attached hydrogen (secondary N) is 1. The van der Waals surface area contributed by atoms with Gasteiger partial charge in [0.2, 0.25) is 12.2 Å². The average molecular weight is 443 g/mol. The minimum atomic E-state index is -1.51. The predicted octanol–water partition coefficient (Wildman–Crippen LogP) is 1.64. The van der Waals surface area contributed by atoms with Crippen LogP contribution in [0.25, 0.3) is 6.08 Å². The van der Waals surface area contributed by atoms with Gasteiger partial charge in [-0.25, -0.2) is 0 Å². The number of ether oxygens (including phenoxy) is 2. The summed E-state index contributed by atoms with van der Waals surface area (Å²) >= 11 is 0. The second kappa shape index (κ2) is 10.7. The second-order valence-electron chi connectivity index (χ2n) is 7.98. The Morgan fingerprint density at radius 2 is 1.69 bits per heavy atom. The number of aliphatic hydroxyl groups is 4. The van der Waals surface area contributed by atoms with Crippen molar-refractivity contribution in [3.8, 4) is 5.75 Å². The molecule has 5 N–H and O–H groups in total. The Balaban J connectivity index is 1.56. The van der Waals surface area contributed by atoms with E-state index in [0.717, 1.165) is 5.56 Å². The lowest BCUT2D eigenvalue weighted by molar-refractivity contribution is -0.277. The fourth-order valence-electron chi connectivity index (χ4n) is 3.26. The third-order valence-electron chi connectivity index (χ3n) is 5.25. The van der Waals surface area contributed by atoms with Gasteiger partial charge in [-0.2, -0.15) is 0 Å². The van der Waals surface area contributed by atoms with Gasteiger partial charge in [0.05, 0.1) is 6.61 Å². The summed E-state index contributed by atoms with van der Waals surface area (Å²) in [4.78, 5) is 12.2. The third-order valence-corrected chi connectivity index (χ3v) is 5.25. The minimum Gasteiger partial charge on any atom is -0.462 e. The number of benzene rings is 2. The lowest BCUT2D eigenvalue weighted by Gasteiger charge is -2.39. The topological polar surface area (TPSA) is 128 Å².